The molecule has 23 rings (SSSR count). The number of aryl methyl sites for hydroxylation is 2. The Kier molecular flexibility index (Phi) is 21.6. The normalized spacial score (nSPS) is 11.2. The molecule has 0 aliphatic rings. The van der Waals surface area contributed by atoms with Crippen LogP contribution in [0.25, 0.3) is 138 Å². The largest absolute Gasteiger partial charge is 0.310 e. The summed E-state index contributed by atoms with van der Waals surface area (Å²) in [6.07, 6.45) is 0. The Morgan fingerprint density at radius 1 is 0.133 bits per heavy atom. The molecule has 6 heteroatoms. The van der Waals surface area contributed by atoms with Crippen LogP contribution in [-0.2, 0) is 0 Å². The number of fused-ring (bicyclic) bond motifs is 9. The van der Waals surface area contributed by atoms with Gasteiger partial charge in [0.15, 0.2) is 0 Å². The highest BCUT2D eigenvalue weighted by molar-refractivity contribution is 6.13. The second-order valence-electron chi connectivity index (χ2n) is 32.6. The van der Waals surface area contributed by atoms with E-state index in [2.05, 4.69) is 552 Å². The summed E-state index contributed by atoms with van der Waals surface area (Å²) in [6.45, 7) is 4.27. The second-order valence-corrected chi connectivity index (χ2v) is 32.6. The van der Waals surface area contributed by atoms with Crippen LogP contribution in [0.1, 0.15) is 11.1 Å². The summed E-state index contributed by atoms with van der Waals surface area (Å²) in [5.74, 6) is 0. The fourth-order valence-electron chi connectivity index (χ4n) is 18.3. The summed E-state index contributed by atoms with van der Waals surface area (Å²) in [5.41, 5.74) is 35.6. The Bertz CT molecular complexity index is 7500. The number of nitrogens with zero attached hydrogens (tertiary/aromatic N) is 6. The molecule has 20 aromatic carbocycles. The van der Waals surface area contributed by atoms with Gasteiger partial charge in [0.1, 0.15) is 0 Å². The molecule has 0 amide bonds. The van der Waals surface area contributed by atoms with Crippen LogP contribution in [0.5, 0.6) is 0 Å². The first-order chi connectivity index (χ1) is 63.3. The summed E-state index contributed by atoms with van der Waals surface area (Å²) >= 11 is 0. The van der Waals surface area contributed by atoms with Gasteiger partial charge in [0.2, 0.25) is 0 Å². The van der Waals surface area contributed by atoms with Crippen molar-refractivity contribution in [2.75, 3.05) is 14.7 Å². The lowest BCUT2D eigenvalue weighted by molar-refractivity contribution is 1.18. The molecule has 608 valence electrons. The fourth-order valence-corrected chi connectivity index (χ4v) is 18.3. The van der Waals surface area contributed by atoms with Gasteiger partial charge in [0.05, 0.1) is 33.1 Å². The third kappa shape index (κ3) is 15.7. The highest BCUT2D eigenvalue weighted by Crippen LogP contribution is 2.45. The van der Waals surface area contributed by atoms with Crippen LogP contribution in [0.4, 0.5) is 51.2 Å². The zero-order valence-electron chi connectivity index (χ0n) is 71.2. The predicted octanol–water partition coefficient (Wildman–Crippen LogP) is 33.7. The van der Waals surface area contributed by atoms with Gasteiger partial charge in [-0.1, -0.05) is 315 Å². The van der Waals surface area contributed by atoms with E-state index in [1.807, 2.05) is 0 Å². The average Bonchev–Trinajstić information content (AvgIpc) is 1.60. The number of hydrogen-bond donors (Lipinski definition) is 0. The van der Waals surface area contributed by atoms with Crippen LogP contribution in [0, 0.1) is 13.8 Å². The first-order valence-corrected chi connectivity index (χ1v) is 43.8. The molecule has 0 aliphatic carbocycles. The molecule has 0 aliphatic heterocycles. The smallest absolute Gasteiger partial charge is 0.0541 e. The molecular weight excluding hydrogens is 1550 g/mol. The van der Waals surface area contributed by atoms with Gasteiger partial charge in [-0.2, -0.15) is 0 Å². The second kappa shape index (κ2) is 35.2. The van der Waals surface area contributed by atoms with E-state index in [4.69, 9.17) is 0 Å². The predicted molar refractivity (Wildman–Crippen MR) is 543 cm³/mol. The van der Waals surface area contributed by atoms with E-state index in [0.717, 1.165) is 51.2 Å². The standard InChI is InChI=1S/2C42H30N2.C38H30N2/c2*1-4-13-31(14-5-1)33-15-12-20-38(29-33)43(35-16-6-2-7-17-35)37-26-23-32(24-27-37)34-25-28-42-40(30-34)39-21-10-11-22-41(39)44(42)36-18-8-3-9-19-36;1-27-15-20-32(21-16-27)39(34-12-8-9-28(2)25-34)33-22-17-29(18-23-33)30-19-24-38-36(26-30)35-13-6-7-14-37(35)40(38)31-10-4-3-5-11-31/h2*1-30H;3-26H,1-2H3. The van der Waals surface area contributed by atoms with E-state index in [1.54, 1.807) is 0 Å². The van der Waals surface area contributed by atoms with Gasteiger partial charge in [0.25, 0.3) is 0 Å². The van der Waals surface area contributed by atoms with Gasteiger partial charge in [-0.15, -0.1) is 0 Å². The molecule has 6 nitrogen and oxygen atoms in total. The van der Waals surface area contributed by atoms with E-state index in [0.29, 0.717) is 0 Å². The van der Waals surface area contributed by atoms with Crippen LogP contribution in [-0.4, -0.2) is 13.7 Å². The maximum Gasteiger partial charge on any atom is 0.0541 e. The Balaban J connectivity index is 0.000000117. The molecule has 0 radical (unpaired) electrons. The molecule has 0 N–H and O–H groups in total. The van der Waals surface area contributed by atoms with Gasteiger partial charge in [-0.05, 0) is 275 Å². The number of hydrogen-bond acceptors (Lipinski definition) is 3. The third-order valence-corrected chi connectivity index (χ3v) is 24.4. The lowest BCUT2D eigenvalue weighted by Gasteiger charge is -2.26. The molecule has 23 aromatic rings. The van der Waals surface area contributed by atoms with Crippen molar-refractivity contribution >= 4 is 117 Å². The van der Waals surface area contributed by atoms with Crippen molar-refractivity contribution in [1.82, 2.24) is 13.7 Å². The minimum absolute atomic E-state index is 1.12. The van der Waals surface area contributed by atoms with Crippen molar-refractivity contribution in [2.45, 2.75) is 13.8 Å². The van der Waals surface area contributed by atoms with Crippen LogP contribution in [0.15, 0.2) is 510 Å². The molecule has 0 saturated carbocycles. The Morgan fingerprint density at radius 3 is 0.672 bits per heavy atom. The fraction of sp³-hybridized carbons (Fsp3) is 0.0164. The van der Waals surface area contributed by atoms with Crippen molar-refractivity contribution in [3.8, 4) is 72.7 Å². The van der Waals surface area contributed by atoms with E-state index < -0.39 is 0 Å². The quantitative estimate of drug-likeness (QED) is 0.0908. The van der Waals surface area contributed by atoms with Crippen molar-refractivity contribution < 1.29 is 0 Å². The van der Waals surface area contributed by atoms with E-state index >= 15 is 0 Å². The molecule has 0 spiro atoms. The lowest BCUT2D eigenvalue weighted by atomic mass is 10.0. The van der Waals surface area contributed by atoms with Gasteiger partial charge in [-0.25, -0.2) is 0 Å². The minimum atomic E-state index is 1.12. The van der Waals surface area contributed by atoms with Crippen molar-refractivity contribution in [1.29, 1.82) is 0 Å². The summed E-state index contributed by atoms with van der Waals surface area (Å²) in [4.78, 5) is 6.98. The molecule has 0 saturated heterocycles. The summed E-state index contributed by atoms with van der Waals surface area (Å²) in [5, 5.41) is 7.58. The van der Waals surface area contributed by atoms with Crippen LogP contribution in [0.3, 0.4) is 0 Å². The SMILES string of the molecule is Cc1ccc(N(c2ccc(-c3ccc4c(c3)c3ccccc3n4-c3ccccc3)cc2)c2cccc(C)c2)cc1.c1ccc(-c2cccc(N(c3ccccc3)c3ccc(-c4ccc5c(c4)c4ccccc4n5-c4ccccc4)cc3)c2)cc1.c1ccc(-c2cccc(N(c3ccccc3)c3ccc(-c4ccc5c(c4)c4ccccc4n5-c4ccccc4)cc3)c2)cc1. The maximum absolute atomic E-state index is 2.36. The van der Waals surface area contributed by atoms with Crippen LogP contribution in [0.2, 0.25) is 0 Å². The monoisotopic (exact) mass is 1640 g/mol. The van der Waals surface area contributed by atoms with Gasteiger partial charge in [-0.3, -0.25) is 0 Å². The maximum atomic E-state index is 2.36. The molecule has 0 atom stereocenters. The molecule has 3 aromatic heterocycles. The van der Waals surface area contributed by atoms with E-state index in [9.17, 15) is 0 Å². The van der Waals surface area contributed by atoms with Crippen LogP contribution >= 0.6 is 0 Å². The van der Waals surface area contributed by atoms with Gasteiger partial charge >= 0.3 is 0 Å². The zero-order chi connectivity index (χ0) is 85.6. The number of anilines is 9. The number of rotatable bonds is 17. The van der Waals surface area contributed by atoms with Crippen molar-refractivity contribution in [3.05, 3.63) is 521 Å². The lowest BCUT2D eigenvalue weighted by Crippen LogP contribution is -2.10. The summed E-state index contributed by atoms with van der Waals surface area (Å²) in [6, 6.07) is 183. The molecule has 0 bridgehead atoms. The first-order valence-electron chi connectivity index (χ1n) is 43.8. The topological polar surface area (TPSA) is 24.5 Å². The molecule has 128 heavy (non-hydrogen) atoms. The zero-order valence-corrected chi connectivity index (χ0v) is 71.2. The van der Waals surface area contributed by atoms with E-state index in [-0.39, 0.29) is 0 Å². The average molecular weight is 1640 g/mol. The minimum Gasteiger partial charge on any atom is -0.310 e. The molecular formula is C122H90N6. The highest BCUT2D eigenvalue weighted by Gasteiger charge is 2.22. The number of aromatic nitrogens is 3. The Hall–Kier alpha value is -16.8. The molecule has 0 unspecified atom stereocenters. The summed E-state index contributed by atoms with van der Waals surface area (Å²) < 4.78 is 7.08. The van der Waals surface area contributed by atoms with Crippen LogP contribution < -0.4 is 14.7 Å². The third-order valence-electron chi connectivity index (χ3n) is 24.4. The van der Waals surface area contributed by atoms with Crippen molar-refractivity contribution in [3.63, 3.8) is 0 Å². The highest BCUT2D eigenvalue weighted by atomic mass is 15.2. The number of para-hydroxylation sites is 8. The number of benzene rings is 20. The summed E-state index contributed by atoms with van der Waals surface area (Å²) in [7, 11) is 0. The van der Waals surface area contributed by atoms with Crippen molar-refractivity contribution in [2.24, 2.45) is 0 Å². The van der Waals surface area contributed by atoms with Gasteiger partial charge < -0.3 is 28.4 Å². The molecule has 0 fully saturated rings. The molecule has 3 heterocycles. The van der Waals surface area contributed by atoms with Gasteiger partial charge in [0, 0.05) is 101 Å². The Morgan fingerprint density at radius 2 is 0.352 bits per heavy atom. The first kappa shape index (κ1) is 78.5. The Labute approximate surface area is 747 Å². The van der Waals surface area contributed by atoms with E-state index in [1.165, 1.54) is 149 Å².